The highest BCUT2D eigenvalue weighted by molar-refractivity contribution is 7.90. The van der Waals surface area contributed by atoms with Crippen LogP contribution in [0.25, 0.3) is 0 Å². The fourth-order valence-corrected chi connectivity index (χ4v) is 7.44. The number of aliphatic hydroxyl groups is 1. The number of allylic oxidation sites excluding steroid dienone is 1. The number of fused-ring (bicyclic) bond motifs is 3. The Kier molecular flexibility index (Phi) is 8.55. The van der Waals surface area contributed by atoms with E-state index in [1.54, 1.807) is 25.1 Å². The molecule has 4 atom stereocenters. The lowest BCUT2D eigenvalue weighted by Gasteiger charge is -2.43. The first-order valence-electron chi connectivity index (χ1n) is 13.9. The molecule has 7 nitrogen and oxygen atoms in total. The minimum atomic E-state index is -3.85. The third-order valence-electron chi connectivity index (χ3n) is 8.24. The van der Waals surface area contributed by atoms with Crippen molar-refractivity contribution in [1.29, 1.82) is 0 Å². The molecule has 5 rings (SSSR count). The Labute approximate surface area is 236 Å². The molecule has 0 aromatic heterocycles. The second kappa shape index (κ2) is 11.9. The molecule has 0 spiro atoms. The zero-order valence-corrected chi connectivity index (χ0v) is 23.9. The van der Waals surface area contributed by atoms with E-state index in [2.05, 4.69) is 9.62 Å². The van der Waals surface area contributed by atoms with Crippen LogP contribution in [0.1, 0.15) is 60.5 Å². The third-order valence-corrected chi connectivity index (χ3v) is 9.93. The summed E-state index contributed by atoms with van der Waals surface area (Å²) < 4.78 is 34.1. The third kappa shape index (κ3) is 6.79. The van der Waals surface area contributed by atoms with Crippen LogP contribution in [0.2, 0.25) is 5.02 Å². The molecule has 2 heterocycles. The maximum absolute atomic E-state index is 13.1. The number of anilines is 1. The molecule has 1 unspecified atom stereocenters. The summed E-state index contributed by atoms with van der Waals surface area (Å²) in [6, 6.07) is 11.0. The van der Waals surface area contributed by atoms with Gasteiger partial charge >= 0.3 is 0 Å². The molecule has 1 amide bonds. The van der Waals surface area contributed by atoms with Crippen molar-refractivity contribution in [2.24, 2.45) is 17.8 Å². The molecule has 1 fully saturated rings. The van der Waals surface area contributed by atoms with Gasteiger partial charge < -0.3 is 14.7 Å². The van der Waals surface area contributed by atoms with Crippen LogP contribution in [0.15, 0.2) is 48.6 Å². The van der Waals surface area contributed by atoms with Gasteiger partial charge in [0.1, 0.15) is 12.4 Å². The number of benzene rings is 2. The number of hydrogen-bond donors (Lipinski definition) is 2. The van der Waals surface area contributed by atoms with Gasteiger partial charge in [-0.25, -0.2) is 13.1 Å². The molecule has 2 aromatic carbocycles. The summed E-state index contributed by atoms with van der Waals surface area (Å²) in [5, 5.41) is 11.7. The second-order valence-corrected chi connectivity index (χ2v) is 13.4. The Morgan fingerprint density at radius 1 is 1.10 bits per heavy atom. The summed E-state index contributed by atoms with van der Waals surface area (Å²) in [6.45, 7) is 3.65. The van der Waals surface area contributed by atoms with Crippen molar-refractivity contribution in [3.8, 4) is 5.75 Å². The number of nitrogens with zero attached hydrogens (tertiary/aromatic N) is 1. The van der Waals surface area contributed by atoms with Crippen molar-refractivity contribution in [3.05, 3.63) is 70.3 Å². The number of ether oxygens (including phenoxy) is 1. The van der Waals surface area contributed by atoms with Gasteiger partial charge in [-0.15, -0.1) is 0 Å². The summed E-state index contributed by atoms with van der Waals surface area (Å²) in [5.41, 5.74) is 3.30. The topological polar surface area (TPSA) is 95.9 Å². The summed E-state index contributed by atoms with van der Waals surface area (Å²) in [7, 11) is -3.85. The molecule has 1 aliphatic carbocycles. The second-order valence-electron chi connectivity index (χ2n) is 11.2. The van der Waals surface area contributed by atoms with Crippen LogP contribution < -0.4 is 14.4 Å². The number of nitrogens with one attached hydrogen (secondary N) is 1. The van der Waals surface area contributed by atoms with Gasteiger partial charge in [0.05, 0.1) is 17.5 Å². The van der Waals surface area contributed by atoms with Crippen LogP contribution >= 0.6 is 11.6 Å². The highest BCUT2D eigenvalue weighted by Crippen LogP contribution is 2.41. The smallest absolute Gasteiger partial charge is 0.264 e. The first kappa shape index (κ1) is 28.0. The number of rotatable bonds is 0. The average molecular weight is 573 g/mol. The number of amides is 1. The molecule has 39 heavy (non-hydrogen) atoms. The highest BCUT2D eigenvalue weighted by Gasteiger charge is 2.37. The van der Waals surface area contributed by atoms with E-state index >= 15 is 0 Å². The molecular formula is C30H37ClN2O5S. The van der Waals surface area contributed by atoms with Gasteiger partial charge in [-0.3, -0.25) is 4.79 Å². The molecule has 210 valence electrons. The summed E-state index contributed by atoms with van der Waals surface area (Å²) in [6.07, 6.45) is 8.51. The summed E-state index contributed by atoms with van der Waals surface area (Å²) >= 11 is 6.28. The number of sulfonamides is 1. The predicted molar refractivity (Wildman–Crippen MR) is 154 cm³/mol. The van der Waals surface area contributed by atoms with Gasteiger partial charge in [-0.1, -0.05) is 36.7 Å². The predicted octanol–water partition coefficient (Wildman–Crippen LogP) is 5.10. The van der Waals surface area contributed by atoms with Crippen LogP contribution in [0.3, 0.4) is 0 Å². The van der Waals surface area contributed by atoms with Gasteiger partial charge in [-0.2, -0.15) is 0 Å². The molecule has 9 heteroatoms. The molecular weight excluding hydrogens is 536 g/mol. The van der Waals surface area contributed by atoms with Crippen LogP contribution in [0.4, 0.5) is 5.69 Å². The Morgan fingerprint density at radius 3 is 2.74 bits per heavy atom. The van der Waals surface area contributed by atoms with Crippen LogP contribution in [0, 0.1) is 17.8 Å². The van der Waals surface area contributed by atoms with E-state index in [9.17, 15) is 18.3 Å². The van der Waals surface area contributed by atoms with Crippen molar-refractivity contribution in [2.75, 3.05) is 23.7 Å². The normalized spacial score (nSPS) is 28.4. The molecule has 2 aliphatic heterocycles. The van der Waals surface area contributed by atoms with E-state index in [4.69, 9.17) is 16.3 Å². The average Bonchev–Trinajstić information content (AvgIpc) is 2.88. The standard InChI is InChI=1S/C30H37ClN2O5S/c1-20-5-4-7-28(34)26-12-9-23(26)17-33-14-3-2-6-21-15-25(31)11-8-24(21)18-38-29-13-10-22(16-27(29)33)30(35)32-39(36,37)19-20/h4-5,8,10-11,13,15-16,20,23,26,28,34H,2-3,6-7,9,12,14,17-19H2,1H3,(H,32,35)/b5-4+/t20-,23-,26+,28?/m0/s1. The lowest BCUT2D eigenvalue weighted by molar-refractivity contribution is 0.0180. The Morgan fingerprint density at radius 2 is 1.95 bits per heavy atom. The molecule has 2 bridgehead atoms. The molecule has 2 aromatic rings. The first-order chi connectivity index (χ1) is 18.7. The Balaban J connectivity index is 1.52. The SMILES string of the molecule is C[C@H]1/C=C/CC(O)[C@@H]2CC[C@H]2CN2CCCCc3cc(Cl)ccc3COc3ccc(cc32)C(=O)NS(=O)(=O)C1. The van der Waals surface area contributed by atoms with E-state index in [1.807, 2.05) is 30.4 Å². The Hall–Kier alpha value is -2.55. The zero-order chi connectivity index (χ0) is 27.6. The zero-order valence-electron chi connectivity index (χ0n) is 22.3. The summed E-state index contributed by atoms with van der Waals surface area (Å²) in [4.78, 5) is 15.4. The van der Waals surface area contributed by atoms with Gasteiger partial charge in [0, 0.05) is 23.7 Å². The molecule has 2 N–H and O–H groups in total. The minimum absolute atomic E-state index is 0.182. The number of aryl methyl sites for hydroxylation is 1. The lowest BCUT2D eigenvalue weighted by atomic mass is 9.69. The first-order valence-corrected chi connectivity index (χ1v) is 15.9. The van der Waals surface area contributed by atoms with Gasteiger partial charge in [0.25, 0.3) is 5.91 Å². The van der Waals surface area contributed by atoms with Crippen LogP contribution in [0.5, 0.6) is 5.75 Å². The number of aliphatic hydroxyl groups excluding tert-OH is 1. The maximum atomic E-state index is 13.1. The van der Waals surface area contributed by atoms with Crippen LogP contribution in [-0.2, 0) is 23.1 Å². The molecule has 0 saturated heterocycles. The molecule has 0 radical (unpaired) electrons. The van der Waals surface area contributed by atoms with E-state index in [0.717, 1.165) is 56.4 Å². The molecule has 1 saturated carbocycles. The fraction of sp³-hybridized carbons (Fsp3) is 0.500. The van der Waals surface area contributed by atoms with Crippen molar-refractivity contribution in [3.63, 3.8) is 0 Å². The van der Waals surface area contributed by atoms with Crippen LogP contribution in [-0.4, -0.2) is 44.4 Å². The van der Waals surface area contributed by atoms with Gasteiger partial charge in [-0.05, 0) is 97.7 Å². The van der Waals surface area contributed by atoms with Gasteiger partial charge in [0.15, 0.2) is 0 Å². The highest BCUT2D eigenvalue weighted by atomic mass is 35.5. The van der Waals surface area contributed by atoms with Gasteiger partial charge in [0.2, 0.25) is 10.0 Å². The fourth-order valence-electron chi connectivity index (χ4n) is 5.96. The maximum Gasteiger partial charge on any atom is 0.264 e. The van der Waals surface area contributed by atoms with E-state index < -0.39 is 22.0 Å². The number of carbonyl (C=O) groups is 1. The molecule has 3 aliphatic rings. The number of carbonyl (C=O) groups excluding carboxylic acids is 1. The quantitative estimate of drug-likeness (QED) is 0.426. The van der Waals surface area contributed by atoms with Crippen molar-refractivity contribution < 1.29 is 23.1 Å². The van der Waals surface area contributed by atoms with E-state index in [1.165, 1.54) is 5.56 Å². The number of halogens is 1. The minimum Gasteiger partial charge on any atom is -0.487 e. The van der Waals surface area contributed by atoms with Crippen molar-refractivity contribution in [1.82, 2.24) is 4.72 Å². The largest absolute Gasteiger partial charge is 0.487 e. The van der Waals surface area contributed by atoms with E-state index in [0.29, 0.717) is 29.7 Å². The monoisotopic (exact) mass is 572 g/mol. The van der Waals surface area contributed by atoms with Crippen molar-refractivity contribution >= 4 is 33.2 Å². The van der Waals surface area contributed by atoms with Crippen molar-refractivity contribution in [2.45, 2.75) is 58.2 Å². The van der Waals surface area contributed by atoms with E-state index in [-0.39, 0.29) is 23.2 Å². The Bertz CT molecular complexity index is 1340. The lowest BCUT2D eigenvalue weighted by Crippen LogP contribution is -2.43. The number of hydrogen-bond acceptors (Lipinski definition) is 6. The summed E-state index contributed by atoms with van der Waals surface area (Å²) in [5.74, 6) is 0.00823.